The molecule has 1 unspecified atom stereocenters. The lowest BCUT2D eigenvalue weighted by Gasteiger charge is -2.22. The fourth-order valence-corrected chi connectivity index (χ4v) is 5.83. The zero-order valence-corrected chi connectivity index (χ0v) is 26.1. The van der Waals surface area contributed by atoms with Gasteiger partial charge >= 0.3 is 19.5 Å². The van der Waals surface area contributed by atoms with Gasteiger partial charge in [0.25, 0.3) is 5.56 Å². The lowest BCUT2D eigenvalue weighted by Crippen LogP contribution is -2.39. The fourth-order valence-electron chi connectivity index (χ4n) is 4.81. The Morgan fingerprint density at radius 3 is 2.19 bits per heavy atom. The Bertz CT molecular complexity index is 1130. The van der Waals surface area contributed by atoms with Gasteiger partial charge in [0.1, 0.15) is 24.9 Å². The molecule has 0 radical (unpaired) electrons. The van der Waals surface area contributed by atoms with Crippen LogP contribution in [-0.2, 0) is 27.9 Å². The van der Waals surface area contributed by atoms with Gasteiger partial charge in [0.15, 0.2) is 6.23 Å². The molecule has 1 aromatic rings. The van der Waals surface area contributed by atoms with Crippen LogP contribution in [0.25, 0.3) is 0 Å². The fraction of sp³-hybridized carbons (Fsp3) is 0.821. The average Bonchev–Trinajstić information content (AvgIpc) is 3.23. The van der Waals surface area contributed by atoms with Crippen LogP contribution in [0.4, 0.5) is 4.39 Å². The number of halogens is 1. The third-order valence-electron chi connectivity index (χ3n) is 7.25. The summed E-state index contributed by atoms with van der Waals surface area (Å²) < 4.78 is 46.8. The summed E-state index contributed by atoms with van der Waals surface area (Å²) in [6, 6.07) is 0. The predicted molar refractivity (Wildman–Crippen MR) is 155 cm³/mol. The summed E-state index contributed by atoms with van der Waals surface area (Å²) >= 11 is 0. The number of H-pyrrole nitrogens is 1. The number of phosphoric acid groups is 1. The minimum Gasteiger partial charge on any atom is -0.463 e. The first kappa shape index (κ1) is 37.3. The highest BCUT2D eigenvalue weighted by Gasteiger charge is 2.47. The number of rotatable bonds is 22. The first-order chi connectivity index (χ1) is 20.4. The lowest BCUT2D eigenvalue weighted by atomic mass is 10.0. The summed E-state index contributed by atoms with van der Waals surface area (Å²) in [4.78, 5) is 47.0. The predicted octanol–water partition coefficient (Wildman–Crippen LogP) is 3.84. The number of aromatic nitrogens is 2. The highest BCUT2D eigenvalue weighted by atomic mass is 31.2. The van der Waals surface area contributed by atoms with Gasteiger partial charge in [-0.05, 0) is 13.3 Å². The van der Waals surface area contributed by atoms with Crippen molar-refractivity contribution in [2.45, 2.75) is 134 Å². The van der Waals surface area contributed by atoms with Crippen molar-refractivity contribution in [2.24, 2.45) is 0 Å². The summed E-state index contributed by atoms with van der Waals surface area (Å²) in [5.41, 5.74) is -2.33. The topological polar surface area (TPSA) is 187 Å². The molecular formula is C28H48FN2O11P. The molecule has 0 saturated carbocycles. The number of hydrogen-bond donors (Lipinski definition) is 4. The van der Waals surface area contributed by atoms with Crippen LogP contribution in [0, 0.1) is 5.82 Å². The normalized spacial score (nSPS) is 22.4. The summed E-state index contributed by atoms with van der Waals surface area (Å²) in [7, 11) is -4.87. The molecule has 2 heterocycles. The highest BCUT2D eigenvalue weighted by Crippen LogP contribution is 2.48. The Labute approximate surface area is 251 Å². The quantitative estimate of drug-likeness (QED) is 0.0821. The van der Waals surface area contributed by atoms with Crippen molar-refractivity contribution in [1.82, 2.24) is 9.55 Å². The van der Waals surface area contributed by atoms with Crippen LogP contribution >= 0.6 is 7.82 Å². The number of nitrogens with zero attached hydrogens (tertiary/aromatic N) is 1. The molecule has 0 bridgehead atoms. The summed E-state index contributed by atoms with van der Waals surface area (Å²) in [5, 5.41) is 20.5. The monoisotopic (exact) mass is 638 g/mol. The van der Waals surface area contributed by atoms with E-state index in [4.69, 9.17) is 18.5 Å². The maximum Gasteiger partial charge on any atom is 0.472 e. The minimum atomic E-state index is -4.87. The standard InChI is InChI=1S/C28H48FN2O11P/c1-3-4-5-6-7-8-9-10-11-12-13-14-15-16-23(33)39-18-21(32)19-40-43(37,38)42-25-20(2)41-27(24(25)34)31-17-22(29)26(35)30-28(31)36/h17,20-21,24-25,27,32,34H,3-16,18-19H2,1-2H3,(H,37,38)(H,30,35,36)/t20-,21-,24-,25-,27-/m1/s1. The zero-order chi connectivity index (χ0) is 31.8. The van der Waals surface area contributed by atoms with Gasteiger partial charge in [0.05, 0.1) is 18.9 Å². The molecule has 15 heteroatoms. The highest BCUT2D eigenvalue weighted by molar-refractivity contribution is 7.47. The molecule has 43 heavy (non-hydrogen) atoms. The SMILES string of the molecule is CCCCCCCCCCCCCCCC(=O)OC[C@@H](O)COP(=O)(O)O[C@H]1[C@@H](O)[C@H](n2cc(F)c(=O)[nH]c2=O)O[C@@H]1C. The number of carbonyl (C=O) groups excluding carboxylic acids is 1. The van der Waals surface area contributed by atoms with Crippen LogP contribution in [0.1, 0.15) is 110 Å². The molecule has 1 saturated heterocycles. The van der Waals surface area contributed by atoms with Gasteiger partial charge < -0.3 is 24.6 Å². The maximum atomic E-state index is 13.6. The first-order valence-electron chi connectivity index (χ1n) is 15.3. The Kier molecular flexibility index (Phi) is 16.9. The molecule has 4 N–H and O–H groups in total. The van der Waals surface area contributed by atoms with E-state index in [-0.39, 0.29) is 6.42 Å². The second kappa shape index (κ2) is 19.5. The number of esters is 1. The number of nitrogens with one attached hydrogen (secondary N) is 1. The van der Waals surface area contributed by atoms with Crippen LogP contribution in [0.3, 0.4) is 0 Å². The molecule has 13 nitrogen and oxygen atoms in total. The molecule has 0 aromatic carbocycles. The van der Waals surface area contributed by atoms with Crippen molar-refractivity contribution in [3.63, 3.8) is 0 Å². The average molecular weight is 639 g/mol. The van der Waals surface area contributed by atoms with Gasteiger partial charge in [-0.15, -0.1) is 0 Å². The summed E-state index contributed by atoms with van der Waals surface area (Å²) in [6.07, 6.45) is 8.92. The Balaban J connectivity index is 1.59. The minimum absolute atomic E-state index is 0.202. The maximum absolute atomic E-state index is 13.6. The largest absolute Gasteiger partial charge is 0.472 e. The number of hydrogen-bond acceptors (Lipinski definition) is 10. The van der Waals surface area contributed by atoms with E-state index >= 15 is 0 Å². The van der Waals surface area contributed by atoms with Crippen LogP contribution < -0.4 is 11.2 Å². The lowest BCUT2D eigenvalue weighted by molar-refractivity contribution is -0.147. The molecule has 1 aliphatic heterocycles. The number of unbranched alkanes of at least 4 members (excludes halogenated alkanes) is 12. The third kappa shape index (κ3) is 13.7. The van der Waals surface area contributed by atoms with Crippen LogP contribution in [-0.4, -0.2) is 68.3 Å². The molecule has 1 aliphatic rings. The van der Waals surface area contributed by atoms with E-state index in [1.165, 1.54) is 64.7 Å². The van der Waals surface area contributed by atoms with Gasteiger partial charge in [-0.25, -0.2) is 9.36 Å². The van der Waals surface area contributed by atoms with Gasteiger partial charge in [0.2, 0.25) is 5.82 Å². The van der Waals surface area contributed by atoms with Crippen LogP contribution in [0.15, 0.2) is 15.8 Å². The van der Waals surface area contributed by atoms with Crippen molar-refractivity contribution < 1.29 is 47.4 Å². The molecule has 2 rings (SSSR count). The van der Waals surface area contributed by atoms with Crippen molar-refractivity contribution in [1.29, 1.82) is 0 Å². The molecular weight excluding hydrogens is 590 g/mol. The van der Waals surface area contributed by atoms with Crippen molar-refractivity contribution >= 4 is 13.8 Å². The van der Waals surface area contributed by atoms with Gasteiger partial charge in [-0.2, -0.15) is 4.39 Å². The first-order valence-corrected chi connectivity index (χ1v) is 16.8. The Hall–Kier alpha value is -1.93. The van der Waals surface area contributed by atoms with Crippen molar-refractivity contribution in [3.8, 4) is 0 Å². The number of ether oxygens (including phenoxy) is 2. The van der Waals surface area contributed by atoms with Crippen LogP contribution in [0.2, 0.25) is 0 Å². The number of aromatic amines is 1. The second-order valence-corrected chi connectivity index (χ2v) is 12.4. The van der Waals surface area contributed by atoms with Gasteiger partial charge in [0, 0.05) is 6.42 Å². The molecule has 0 spiro atoms. The Morgan fingerprint density at radius 1 is 1.05 bits per heavy atom. The molecule has 248 valence electrons. The third-order valence-corrected chi connectivity index (χ3v) is 8.24. The van der Waals surface area contributed by atoms with Crippen molar-refractivity contribution in [3.05, 3.63) is 32.9 Å². The summed E-state index contributed by atoms with van der Waals surface area (Å²) in [5.74, 6) is -1.80. The Morgan fingerprint density at radius 2 is 1.60 bits per heavy atom. The van der Waals surface area contributed by atoms with Gasteiger partial charge in [-0.3, -0.25) is 28.2 Å². The van der Waals surface area contributed by atoms with Crippen molar-refractivity contribution in [2.75, 3.05) is 13.2 Å². The molecule has 1 fully saturated rings. The van der Waals surface area contributed by atoms with E-state index in [9.17, 15) is 38.4 Å². The molecule has 0 amide bonds. The number of phosphoric ester groups is 1. The van der Waals surface area contributed by atoms with E-state index in [0.717, 1.165) is 19.3 Å². The van der Waals surface area contributed by atoms with E-state index in [1.807, 2.05) is 0 Å². The number of carbonyl (C=O) groups is 1. The van der Waals surface area contributed by atoms with Crippen LogP contribution in [0.5, 0.6) is 0 Å². The number of aliphatic hydroxyl groups excluding tert-OH is 2. The smallest absolute Gasteiger partial charge is 0.463 e. The summed E-state index contributed by atoms with van der Waals surface area (Å²) in [6.45, 7) is 2.42. The molecule has 1 aromatic heterocycles. The molecule has 0 aliphatic carbocycles. The van der Waals surface area contributed by atoms with E-state index in [1.54, 1.807) is 4.98 Å². The van der Waals surface area contributed by atoms with Gasteiger partial charge in [-0.1, -0.05) is 84.0 Å². The van der Waals surface area contributed by atoms with E-state index in [2.05, 4.69) is 6.92 Å². The zero-order valence-electron chi connectivity index (χ0n) is 25.2. The van der Waals surface area contributed by atoms with E-state index < -0.39 is 74.7 Å². The second-order valence-electron chi connectivity index (χ2n) is 11.0. The number of aliphatic hydroxyl groups is 2. The van der Waals surface area contributed by atoms with E-state index in [0.29, 0.717) is 17.2 Å². The molecule has 6 atom stereocenters.